The Morgan fingerprint density at radius 3 is 2.59 bits per heavy atom. The van der Waals surface area contributed by atoms with Gasteiger partial charge in [-0.05, 0) is 23.8 Å². The fraction of sp³-hybridized carbons (Fsp3) is 0.133. The maximum absolute atomic E-state index is 11.9. The molecule has 6 nitrogen and oxygen atoms in total. The molecule has 0 atom stereocenters. The number of pyridine rings is 1. The number of benzene rings is 1. The highest BCUT2D eigenvalue weighted by atomic mass is 79.9. The average molecular weight is 365 g/mol. The minimum atomic E-state index is -1.31. The molecular weight excluding hydrogens is 352 g/mol. The van der Waals surface area contributed by atoms with Crippen LogP contribution in [-0.2, 0) is 17.9 Å². The van der Waals surface area contributed by atoms with Crippen LogP contribution in [0.4, 0.5) is 0 Å². The van der Waals surface area contributed by atoms with Gasteiger partial charge in [0.2, 0.25) is 5.91 Å². The summed E-state index contributed by atoms with van der Waals surface area (Å²) in [5.41, 5.74) is -0.158. The van der Waals surface area contributed by atoms with Crippen molar-refractivity contribution in [3.8, 4) is 0 Å². The van der Waals surface area contributed by atoms with Gasteiger partial charge in [0.05, 0.1) is 0 Å². The number of halogens is 1. The van der Waals surface area contributed by atoms with E-state index in [1.165, 1.54) is 18.3 Å². The van der Waals surface area contributed by atoms with Crippen LogP contribution in [0.25, 0.3) is 0 Å². The normalized spacial score (nSPS) is 10.2. The number of carbonyl (C=O) groups is 2. The summed E-state index contributed by atoms with van der Waals surface area (Å²) in [4.78, 5) is 34.7. The van der Waals surface area contributed by atoms with Crippen LogP contribution >= 0.6 is 15.9 Å². The minimum absolute atomic E-state index is 0.232. The summed E-state index contributed by atoms with van der Waals surface area (Å²) in [5, 5.41) is 11.6. The molecule has 1 heterocycles. The summed E-state index contributed by atoms with van der Waals surface area (Å²) in [6.45, 7) is 0.0814. The molecule has 0 aliphatic rings. The SMILES string of the molecule is O=C(Cn1cccc(C(=O)O)c1=O)NCc1ccccc1Br. The molecule has 0 aliphatic heterocycles. The first kappa shape index (κ1) is 16.0. The van der Waals surface area contributed by atoms with E-state index in [2.05, 4.69) is 21.2 Å². The summed E-state index contributed by atoms with van der Waals surface area (Å²) in [6.07, 6.45) is 1.38. The third-order valence-electron chi connectivity index (χ3n) is 3.00. The molecule has 22 heavy (non-hydrogen) atoms. The predicted octanol–water partition coefficient (Wildman–Crippen LogP) is 1.63. The number of amides is 1. The van der Waals surface area contributed by atoms with Crippen molar-refractivity contribution >= 4 is 27.8 Å². The van der Waals surface area contributed by atoms with E-state index in [0.29, 0.717) is 6.54 Å². The Balaban J connectivity index is 2.04. The molecule has 7 heteroatoms. The zero-order valence-corrected chi connectivity index (χ0v) is 13.0. The van der Waals surface area contributed by atoms with Crippen molar-refractivity contribution in [2.24, 2.45) is 0 Å². The molecule has 1 aromatic heterocycles. The number of nitrogens with zero attached hydrogens (tertiary/aromatic N) is 1. The predicted molar refractivity (Wildman–Crippen MR) is 83.7 cm³/mol. The fourth-order valence-corrected chi connectivity index (χ4v) is 2.30. The van der Waals surface area contributed by atoms with Crippen LogP contribution in [0, 0.1) is 0 Å². The smallest absolute Gasteiger partial charge is 0.341 e. The number of hydrogen-bond donors (Lipinski definition) is 2. The lowest BCUT2D eigenvalue weighted by atomic mass is 10.2. The largest absolute Gasteiger partial charge is 0.477 e. The van der Waals surface area contributed by atoms with Crippen LogP contribution < -0.4 is 10.9 Å². The van der Waals surface area contributed by atoms with E-state index in [9.17, 15) is 14.4 Å². The van der Waals surface area contributed by atoms with Crippen LogP contribution in [0.1, 0.15) is 15.9 Å². The molecule has 0 spiro atoms. The van der Waals surface area contributed by atoms with Crippen LogP contribution in [0.15, 0.2) is 51.9 Å². The lowest BCUT2D eigenvalue weighted by Crippen LogP contribution is -2.33. The maximum Gasteiger partial charge on any atom is 0.341 e. The Bertz CT molecular complexity index is 770. The standard InChI is InChI=1S/C15H13BrN2O4/c16-12-6-2-1-4-10(12)8-17-13(19)9-18-7-3-5-11(14(18)20)15(21)22/h1-7H,8-9H2,(H,17,19)(H,21,22). The van der Waals surface area contributed by atoms with Crippen molar-refractivity contribution in [2.75, 3.05) is 0 Å². The van der Waals surface area contributed by atoms with Crippen LogP contribution in [0.3, 0.4) is 0 Å². The summed E-state index contributed by atoms with van der Waals surface area (Å²) in [5.74, 6) is -1.69. The van der Waals surface area contributed by atoms with Gasteiger partial charge >= 0.3 is 5.97 Å². The van der Waals surface area contributed by atoms with Gasteiger partial charge in [-0.25, -0.2) is 4.79 Å². The van der Waals surface area contributed by atoms with Crippen molar-refractivity contribution in [2.45, 2.75) is 13.1 Å². The molecule has 114 valence electrons. The Hall–Kier alpha value is -2.41. The molecule has 1 aromatic carbocycles. The second-order valence-electron chi connectivity index (χ2n) is 4.53. The van der Waals surface area contributed by atoms with Gasteiger partial charge in [-0.2, -0.15) is 0 Å². The monoisotopic (exact) mass is 364 g/mol. The third kappa shape index (κ3) is 3.82. The first-order valence-electron chi connectivity index (χ1n) is 6.42. The second kappa shape index (κ2) is 7.04. The number of hydrogen-bond acceptors (Lipinski definition) is 3. The quantitative estimate of drug-likeness (QED) is 0.843. The van der Waals surface area contributed by atoms with Crippen molar-refractivity contribution in [1.29, 1.82) is 0 Å². The first-order valence-corrected chi connectivity index (χ1v) is 7.21. The highest BCUT2D eigenvalue weighted by Crippen LogP contribution is 2.15. The third-order valence-corrected chi connectivity index (χ3v) is 3.77. The van der Waals surface area contributed by atoms with E-state index < -0.39 is 11.5 Å². The van der Waals surface area contributed by atoms with E-state index in [0.717, 1.165) is 14.6 Å². The Labute approximate surface area is 134 Å². The van der Waals surface area contributed by atoms with Gasteiger partial charge in [-0.1, -0.05) is 34.1 Å². The highest BCUT2D eigenvalue weighted by molar-refractivity contribution is 9.10. The molecule has 2 aromatic rings. The van der Waals surface area contributed by atoms with Gasteiger partial charge in [0.1, 0.15) is 12.1 Å². The molecule has 2 N–H and O–H groups in total. The zero-order chi connectivity index (χ0) is 16.1. The first-order chi connectivity index (χ1) is 10.5. The van der Waals surface area contributed by atoms with Gasteiger partial charge in [0, 0.05) is 17.2 Å². The fourth-order valence-electron chi connectivity index (χ4n) is 1.87. The van der Waals surface area contributed by atoms with Crippen LogP contribution in [0.2, 0.25) is 0 Å². The molecule has 0 unspecified atom stereocenters. The van der Waals surface area contributed by atoms with Gasteiger partial charge in [0.25, 0.3) is 5.56 Å². The van der Waals surface area contributed by atoms with Gasteiger partial charge in [-0.3, -0.25) is 9.59 Å². The van der Waals surface area contributed by atoms with Crippen molar-refractivity contribution in [3.63, 3.8) is 0 Å². The molecule has 2 rings (SSSR count). The summed E-state index contributed by atoms with van der Waals surface area (Å²) >= 11 is 3.38. The topological polar surface area (TPSA) is 88.4 Å². The van der Waals surface area contributed by atoms with Gasteiger partial charge < -0.3 is 15.0 Å². The average Bonchev–Trinajstić information content (AvgIpc) is 2.48. The molecule has 0 bridgehead atoms. The van der Waals surface area contributed by atoms with E-state index in [-0.39, 0.29) is 18.0 Å². The van der Waals surface area contributed by atoms with E-state index in [1.807, 2.05) is 24.3 Å². The lowest BCUT2D eigenvalue weighted by molar-refractivity contribution is -0.121. The van der Waals surface area contributed by atoms with Crippen molar-refractivity contribution < 1.29 is 14.7 Å². The van der Waals surface area contributed by atoms with Crippen LogP contribution in [0.5, 0.6) is 0 Å². The minimum Gasteiger partial charge on any atom is -0.477 e. The molecule has 1 amide bonds. The number of rotatable bonds is 5. The summed E-state index contributed by atoms with van der Waals surface area (Å²) in [7, 11) is 0. The van der Waals surface area contributed by atoms with E-state index in [4.69, 9.17) is 5.11 Å². The van der Waals surface area contributed by atoms with Gasteiger partial charge in [-0.15, -0.1) is 0 Å². The second-order valence-corrected chi connectivity index (χ2v) is 5.38. The molecule has 0 saturated carbocycles. The number of carboxylic acids is 1. The molecular formula is C15H13BrN2O4. The van der Waals surface area contributed by atoms with Gasteiger partial charge in [0.15, 0.2) is 0 Å². The molecule has 0 radical (unpaired) electrons. The Kier molecular flexibility index (Phi) is 5.11. The van der Waals surface area contributed by atoms with Crippen molar-refractivity contribution in [3.05, 3.63) is 68.5 Å². The molecule has 0 aliphatic carbocycles. The lowest BCUT2D eigenvalue weighted by Gasteiger charge is -2.09. The maximum atomic E-state index is 11.9. The number of carboxylic acid groups (broad SMARTS) is 1. The zero-order valence-electron chi connectivity index (χ0n) is 11.5. The highest BCUT2D eigenvalue weighted by Gasteiger charge is 2.12. The Morgan fingerprint density at radius 1 is 1.18 bits per heavy atom. The number of nitrogens with one attached hydrogen (secondary N) is 1. The van der Waals surface area contributed by atoms with Crippen LogP contribution in [-0.4, -0.2) is 21.6 Å². The molecule has 0 fully saturated rings. The summed E-state index contributed by atoms with van der Waals surface area (Å²) in [6, 6.07) is 10.1. The van der Waals surface area contributed by atoms with Crippen molar-refractivity contribution in [1.82, 2.24) is 9.88 Å². The number of carbonyl (C=O) groups excluding carboxylic acids is 1. The number of aromatic carboxylic acids is 1. The van der Waals surface area contributed by atoms with E-state index in [1.54, 1.807) is 0 Å². The Morgan fingerprint density at radius 2 is 1.91 bits per heavy atom. The molecule has 0 saturated heterocycles. The number of aromatic nitrogens is 1. The van der Waals surface area contributed by atoms with E-state index >= 15 is 0 Å². The summed E-state index contributed by atoms with van der Waals surface area (Å²) < 4.78 is 1.94.